The van der Waals surface area contributed by atoms with E-state index in [9.17, 15) is 10.2 Å². The van der Waals surface area contributed by atoms with Gasteiger partial charge in [0.25, 0.3) is 0 Å². The minimum atomic E-state index is -1.17. The van der Waals surface area contributed by atoms with Crippen LogP contribution in [-0.4, -0.2) is 16.3 Å². The Morgan fingerprint density at radius 1 is 1.14 bits per heavy atom. The predicted molar refractivity (Wildman–Crippen MR) is 56.9 cm³/mol. The molecule has 0 saturated heterocycles. The van der Waals surface area contributed by atoms with E-state index in [-0.39, 0.29) is 5.92 Å². The number of aliphatic hydroxyl groups is 2. The van der Waals surface area contributed by atoms with Crippen molar-refractivity contribution in [1.82, 2.24) is 0 Å². The van der Waals surface area contributed by atoms with Crippen molar-refractivity contribution in [3.05, 3.63) is 35.9 Å². The van der Waals surface area contributed by atoms with Crippen LogP contribution in [0.4, 0.5) is 0 Å². The molecule has 0 fully saturated rings. The molecule has 1 aromatic rings. The highest BCUT2D eigenvalue weighted by Gasteiger charge is 2.33. The van der Waals surface area contributed by atoms with E-state index in [1.807, 2.05) is 44.2 Å². The van der Waals surface area contributed by atoms with Crippen LogP contribution in [0, 0.1) is 5.92 Å². The van der Waals surface area contributed by atoms with Gasteiger partial charge in [-0.25, -0.2) is 0 Å². The summed E-state index contributed by atoms with van der Waals surface area (Å²) in [5.74, 6) is 0.0326. The lowest BCUT2D eigenvalue weighted by Crippen LogP contribution is -2.39. The fourth-order valence-corrected chi connectivity index (χ4v) is 1.60. The third kappa shape index (κ3) is 2.14. The van der Waals surface area contributed by atoms with Crippen LogP contribution in [0.25, 0.3) is 0 Å². The molecule has 0 aliphatic carbocycles. The van der Waals surface area contributed by atoms with Crippen LogP contribution in [0.2, 0.25) is 0 Å². The van der Waals surface area contributed by atoms with E-state index in [0.717, 1.165) is 5.56 Å². The van der Waals surface area contributed by atoms with Gasteiger partial charge in [-0.15, -0.1) is 0 Å². The van der Waals surface area contributed by atoms with Crippen molar-refractivity contribution in [2.75, 3.05) is 0 Å². The van der Waals surface area contributed by atoms with Crippen LogP contribution in [-0.2, 0) is 5.60 Å². The molecular weight excluding hydrogens is 176 g/mol. The summed E-state index contributed by atoms with van der Waals surface area (Å²) in [6.07, 6.45) is -0.745. The molecule has 0 heterocycles. The van der Waals surface area contributed by atoms with Crippen LogP contribution in [0.1, 0.15) is 26.3 Å². The Balaban J connectivity index is 2.96. The van der Waals surface area contributed by atoms with Crippen LogP contribution in [0.15, 0.2) is 30.3 Å². The van der Waals surface area contributed by atoms with Crippen LogP contribution in [0.5, 0.6) is 0 Å². The van der Waals surface area contributed by atoms with Crippen molar-refractivity contribution in [3.63, 3.8) is 0 Å². The Labute approximate surface area is 85.2 Å². The summed E-state index contributed by atoms with van der Waals surface area (Å²) in [4.78, 5) is 0. The first-order valence-electron chi connectivity index (χ1n) is 4.92. The van der Waals surface area contributed by atoms with Crippen LogP contribution >= 0.6 is 0 Å². The zero-order chi connectivity index (χ0) is 10.8. The Kier molecular flexibility index (Phi) is 3.29. The molecule has 2 nitrogen and oxygen atoms in total. The lowest BCUT2D eigenvalue weighted by Gasteiger charge is -2.32. The highest BCUT2D eigenvalue weighted by Crippen LogP contribution is 2.28. The monoisotopic (exact) mass is 194 g/mol. The second-order valence-corrected chi connectivity index (χ2v) is 4.20. The fraction of sp³-hybridized carbons (Fsp3) is 0.500. The van der Waals surface area contributed by atoms with Gasteiger partial charge in [0.15, 0.2) is 0 Å². The fourth-order valence-electron chi connectivity index (χ4n) is 1.60. The predicted octanol–water partition coefficient (Wildman–Crippen LogP) is 1.91. The molecule has 2 unspecified atom stereocenters. The third-order valence-electron chi connectivity index (χ3n) is 2.57. The molecule has 0 spiro atoms. The summed E-state index contributed by atoms with van der Waals surface area (Å²) < 4.78 is 0. The summed E-state index contributed by atoms with van der Waals surface area (Å²) >= 11 is 0. The van der Waals surface area contributed by atoms with E-state index in [1.165, 1.54) is 0 Å². The highest BCUT2D eigenvalue weighted by molar-refractivity contribution is 5.22. The van der Waals surface area contributed by atoms with E-state index < -0.39 is 11.7 Å². The van der Waals surface area contributed by atoms with Gasteiger partial charge in [-0.2, -0.15) is 0 Å². The van der Waals surface area contributed by atoms with E-state index in [2.05, 4.69) is 0 Å². The Bertz CT molecular complexity index is 278. The molecule has 1 rings (SSSR count). The average molecular weight is 194 g/mol. The summed E-state index contributed by atoms with van der Waals surface area (Å²) in [5, 5.41) is 20.0. The maximum Gasteiger partial charge on any atom is 0.113 e. The smallest absolute Gasteiger partial charge is 0.113 e. The lowest BCUT2D eigenvalue weighted by atomic mass is 9.84. The molecule has 0 saturated carbocycles. The standard InChI is InChI=1S/C12H18O2/c1-9(2)11(13)12(3,14)10-7-5-4-6-8-10/h4-9,11,13-14H,1-3H3. The third-order valence-corrected chi connectivity index (χ3v) is 2.57. The van der Waals surface area contributed by atoms with Crippen LogP contribution < -0.4 is 0 Å². The van der Waals surface area contributed by atoms with E-state index >= 15 is 0 Å². The van der Waals surface area contributed by atoms with Gasteiger partial charge in [-0.3, -0.25) is 0 Å². The summed E-state index contributed by atoms with van der Waals surface area (Å²) in [5.41, 5.74) is -0.420. The van der Waals surface area contributed by atoms with Gasteiger partial charge in [0.2, 0.25) is 0 Å². The molecule has 14 heavy (non-hydrogen) atoms. The van der Waals surface area contributed by atoms with Crippen molar-refractivity contribution in [3.8, 4) is 0 Å². The van der Waals surface area contributed by atoms with Crippen molar-refractivity contribution < 1.29 is 10.2 Å². The molecule has 0 aliphatic heterocycles. The zero-order valence-corrected chi connectivity index (χ0v) is 8.94. The van der Waals surface area contributed by atoms with Crippen LogP contribution in [0.3, 0.4) is 0 Å². The van der Waals surface area contributed by atoms with Gasteiger partial charge in [0.05, 0.1) is 6.10 Å². The quantitative estimate of drug-likeness (QED) is 0.771. The number of aliphatic hydroxyl groups excluding tert-OH is 1. The van der Waals surface area contributed by atoms with Gasteiger partial charge in [0, 0.05) is 0 Å². The van der Waals surface area contributed by atoms with Gasteiger partial charge in [-0.1, -0.05) is 44.2 Å². The first kappa shape index (κ1) is 11.2. The minimum absolute atomic E-state index is 0.0326. The maximum absolute atomic E-state index is 10.2. The molecule has 78 valence electrons. The molecule has 0 radical (unpaired) electrons. The molecule has 2 heteroatoms. The van der Waals surface area contributed by atoms with Crippen molar-refractivity contribution in [1.29, 1.82) is 0 Å². The molecule has 0 aliphatic rings. The summed E-state index contributed by atoms with van der Waals surface area (Å²) in [6.45, 7) is 5.43. The SMILES string of the molecule is CC(C)C(O)C(C)(O)c1ccccc1. The average Bonchev–Trinajstić information content (AvgIpc) is 2.18. The van der Waals surface area contributed by atoms with Crippen molar-refractivity contribution >= 4 is 0 Å². The first-order valence-corrected chi connectivity index (χ1v) is 4.92. The van der Waals surface area contributed by atoms with Gasteiger partial charge in [0.1, 0.15) is 5.60 Å². The van der Waals surface area contributed by atoms with Gasteiger partial charge >= 0.3 is 0 Å². The molecular formula is C12H18O2. The Hall–Kier alpha value is -0.860. The zero-order valence-electron chi connectivity index (χ0n) is 8.94. The van der Waals surface area contributed by atoms with Crippen molar-refractivity contribution in [2.24, 2.45) is 5.92 Å². The molecule has 1 aromatic carbocycles. The Morgan fingerprint density at radius 3 is 2.07 bits per heavy atom. The summed E-state index contributed by atoms with van der Waals surface area (Å²) in [6, 6.07) is 9.26. The molecule has 2 atom stereocenters. The van der Waals surface area contributed by atoms with E-state index in [0.29, 0.717) is 0 Å². The first-order chi connectivity index (χ1) is 6.46. The van der Waals surface area contributed by atoms with E-state index in [4.69, 9.17) is 0 Å². The Morgan fingerprint density at radius 2 is 1.64 bits per heavy atom. The second kappa shape index (κ2) is 4.11. The molecule has 0 amide bonds. The molecule has 0 aromatic heterocycles. The largest absolute Gasteiger partial charge is 0.390 e. The number of rotatable bonds is 3. The second-order valence-electron chi connectivity index (χ2n) is 4.20. The maximum atomic E-state index is 10.2. The topological polar surface area (TPSA) is 40.5 Å². The molecule has 2 N–H and O–H groups in total. The normalized spacial score (nSPS) is 17.9. The van der Waals surface area contributed by atoms with E-state index in [1.54, 1.807) is 6.92 Å². The van der Waals surface area contributed by atoms with Crippen molar-refractivity contribution in [2.45, 2.75) is 32.5 Å². The molecule has 0 bridgehead atoms. The number of benzene rings is 1. The number of hydrogen-bond acceptors (Lipinski definition) is 2. The minimum Gasteiger partial charge on any atom is -0.390 e. The lowest BCUT2D eigenvalue weighted by molar-refractivity contribution is -0.0875. The number of hydrogen-bond donors (Lipinski definition) is 2. The van der Waals surface area contributed by atoms with Gasteiger partial charge < -0.3 is 10.2 Å². The van der Waals surface area contributed by atoms with Gasteiger partial charge in [-0.05, 0) is 18.4 Å². The highest BCUT2D eigenvalue weighted by atomic mass is 16.3. The summed E-state index contributed by atoms with van der Waals surface area (Å²) in [7, 11) is 0.